The van der Waals surface area contributed by atoms with Crippen molar-refractivity contribution >= 4 is 16.5 Å². The third-order valence-corrected chi connectivity index (χ3v) is 5.66. The predicted molar refractivity (Wildman–Crippen MR) is 125 cm³/mol. The molecular weight excluding hydrogens is 388 g/mol. The van der Waals surface area contributed by atoms with Gasteiger partial charge in [0.15, 0.2) is 0 Å². The molecule has 1 aromatic heterocycles. The Hall–Kier alpha value is -3.27. The molecule has 4 nitrogen and oxygen atoms in total. The number of fused-ring (bicyclic) bond motifs is 2. The first-order valence-corrected chi connectivity index (χ1v) is 10.5. The Labute approximate surface area is 182 Å². The van der Waals surface area contributed by atoms with Crippen LogP contribution in [0.25, 0.3) is 16.5 Å². The highest BCUT2D eigenvalue weighted by atomic mass is 16.5. The molecule has 31 heavy (non-hydrogen) atoms. The van der Waals surface area contributed by atoms with Crippen LogP contribution in [-0.2, 0) is 5.41 Å². The summed E-state index contributed by atoms with van der Waals surface area (Å²) < 4.78 is 18.0. The van der Waals surface area contributed by atoms with Crippen LogP contribution in [-0.4, -0.2) is 12.7 Å². The van der Waals surface area contributed by atoms with E-state index in [1.54, 1.807) is 13.2 Å². The van der Waals surface area contributed by atoms with Crippen LogP contribution >= 0.6 is 0 Å². The summed E-state index contributed by atoms with van der Waals surface area (Å²) in [5.41, 5.74) is 2.65. The normalized spacial score (nSPS) is 15.5. The minimum Gasteiger partial charge on any atom is -0.495 e. The van der Waals surface area contributed by atoms with E-state index in [1.165, 1.54) is 0 Å². The van der Waals surface area contributed by atoms with Gasteiger partial charge in [-0.3, -0.25) is 0 Å². The lowest BCUT2D eigenvalue weighted by Gasteiger charge is -2.32. The first kappa shape index (κ1) is 21.0. The summed E-state index contributed by atoms with van der Waals surface area (Å²) in [6.07, 6.45) is 6.06. The fourth-order valence-corrected chi connectivity index (χ4v) is 4.29. The van der Waals surface area contributed by atoms with Crippen LogP contribution in [0.3, 0.4) is 0 Å². The van der Waals surface area contributed by atoms with Crippen molar-refractivity contribution in [3.8, 4) is 11.5 Å². The lowest BCUT2D eigenvalue weighted by Crippen LogP contribution is -2.29. The fraction of sp³-hybridized carbons (Fsp3) is 0.296. The fourth-order valence-electron chi connectivity index (χ4n) is 4.29. The Morgan fingerprint density at radius 3 is 2.45 bits per heavy atom. The Balaban J connectivity index is 2.07. The zero-order chi connectivity index (χ0) is 22.4. The maximum Gasteiger partial charge on any atom is 0.340 e. The molecule has 0 bridgehead atoms. The highest BCUT2D eigenvalue weighted by Crippen LogP contribution is 2.48. The van der Waals surface area contributed by atoms with E-state index < -0.39 is 11.0 Å². The summed E-state index contributed by atoms with van der Waals surface area (Å²) in [6.45, 7) is 9.95. The third kappa shape index (κ3) is 3.67. The SMILES string of the molecule is C/C=C/C(C)(C)c1cc2c(OC)c3c(cc2oc1=O)OC(C)(C)C=C3c1ccccc1. The van der Waals surface area contributed by atoms with Gasteiger partial charge in [0.25, 0.3) is 0 Å². The minimum absolute atomic E-state index is 0.355. The zero-order valence-corrected chi connectivity index (χ0v) is 18.9. The molecule has 0 amide bonds. The highest BCUT2D eigenvalue weighted by molar-refractivity contribution is 5.98. The predicted octanol–water partition coefficient (Wildman–Crippen LogP) is 6.26. The summed E-state index contributed by atoms with van der Waals surface area (Å²) in [5, 5.41) is 0.749. The van der Waals surface area contributed by atoms with Gasteiger partial charge in [-0.2, -0.15) is 0 Å². The van der Waals surface area contributed by atoms with E-state index in [1.807, 2.05) is 71.0 Å². The van der Waals surface area contributed by atoms with Crippen molar-refractivity contribution in [2.45, 2.75) is 45.6 Å². The van der Waals surface area contributed by atoms with E-state index >= 15 is 0 Å². The molecular formula is C27H28O4. The number of rotatable bonds is 4. The summed E-state index contributed by atoms with van der Waals surface area (Å²) in [5.74, 6) is 1.28. The van der Waals surface area contributed by atoms with Crippen LogP contribution in [0.2, 0.25) is 0 Å². The van der Waals surface area contributed by atoms with Crippen molar-refractivity contribution in [2.24, 2.45) is 0 Å². The summed E-state index contributed by atoms with van der Waals surface area (Å²) in [4.78, 5) is 12.8. The lowest BCUT2D eigenvalue weighted by atomic mass is 9.84. The Bertz CT molecular complexity index is 1260. The molecule has 0 fully saturated rings. The van der Waals surface area contributed by atoms with Gasteiger partial charge in [0.1, 0.15) is 22.7 Å². The van der Waals surface area contributed by atoms with E-state index in [2.05, 4.69) is 18.2 Å². The van der Waals surface area contributed by atoms with Gasteiger partial charge in [-0.25, -0.2) is 4.79 Å². The second-order valence-electron chi connectivity index (χ2n) is 8.99. The molecule has 0 spiro atoms. The number of allylic oxidation sites excluding steroid dienone is 2. The maximum atomic E-state index is 12.8. The van der Waals surface area contributed by atoms with Gasteiger partial charge in [-0.15, -0.1) is 0 Å². The van der Waals surface area contributed by atoms with Gasteiger partial charge in [-0.05, 0) is 44.1 Å². The van der Waals surface area contributed by atoms with Crippen molar-refractivity contribution in [3.05, 3.63) is 87.8 Å². The molecule has 0 radical (unpaired) electrons. The molecule has 2 aromatic carbocycles. The topological polar surface area (TPSA) is 48.7 Å². The van der Waals surface area contributed by atoms with E-state index in [-0.39, 0.29) is 5.63 Å². The highest BCUT2D eigenvalue weighted by Gasteiger charge is 2.32. The Morgan fingerprint density at radius 2 is 1.81 bits per heavy atom. The lowest BCUT2D eigenvalue weighted by molar-refractivity contribution is 0.157. The van der Waals surface area contributed by atoms with Crippen molar-refractivity contribution in [1.82, 2.24) is 0 Å². The average Bonchev–Trinajstić information content (AvgIpc) is 2.71. The first-order valence-electron chi connectivity index (χ1n) is 10.5. The summed E-state index contributed by atoms with van der Waals surface area (Å²) in [6, 6.07) is 13.9. The van der Waals surface area contributed by atoms with E-state index in [9.17, 15) is 4.79 Å². The van der Waals surface area contributed by atoms with Crippen LogP contribution < -0.4 is 15.1 Å². The van der Waals surface area contributed by atoms with E-state index in [4.69, 9.17) is 13.9 Å². The van der Waals surface area contributed by atoms with Crippen LogP contribution in [0, 0.1) is 0 Å². The van der Waals surface area contributed by atoms with Crippen molar-refractivity contribution in [2.75, 3.05) is 7.11 Å². The quantitative estimate of drug-likeness (QED) is 0.372. The van der Waals surface area contributed by atoms with Crippen molar-refractivity contribution in [1.29, 1.82) is 0 Å². The van der Waals surface area contributed by atoms with E-state index in [0.717, 1.165) is 22.1 Å². The van der Waals surface area contributed by atoms with Gasteiger partial charge < -0.3 is 13.9 Å². The molecule has 1 aliphatic heterocycles. The molecule has 1 aliphatic rings. The number of methoxy groups -OCH3 is 1. The summed E-state index contributed by atoms with van der Waals surface area (Å²) in [7, 11) is 1.64. The molecule has 160 valence electrons. The van der Waals surface area contributed by atoms with Crippen LogP contribution in [0.15, 0.2) is 69.9 Å². The second-order valence-corrected chi connectivity index (χ2v) is 8.99. The van der Waals surface area contributed by atoms with Crippen molar-refractivity contribution in [3.63, 3.8) is 0 Å². The molecule has 4 rings (SSSR count). The Morgan fingerprint density at radius 1 is 1.10 bits per heavy atom. The molecule has 3 aromatic rings. The first-order chi connectivity index (χ1) is 14.7. The van der Waals surface area contributed by atoms with E-state index in [0.29, 0.717) is 22.6 Å². The number of hydrogen-bond donors (Lipinski definition) is 0. The molecule has 0 N–H and O–H groups in total. The zero-order valence-electron chi connectivity index (χ0n) is 18.9. The molecule has 0 saturated carbocycles. The number of ether oxygens (including phenoxy) is 2. The van der Waals surface area contributed by atoms with Crippen molar-refractivity contribution < 1.29 is 13.9 Å². The average molecular weight is 417 g/mol. The summed E-state index contributed by atoms with van der Waals surface area (Å²) >= 11 is 0. The van der Waals surface area contributed by atoms with Gasteiger partial charge in [0.05, 0.1) is 18.1 Å². The van der Waals surface area contributed by atoms with Gasteiger partial charge in [-0.1, -0.05) is 56.3 Å². The van der Waals surface area contributed by atoms with Crippen LogP contribution in [0.4, 0.5) is 0 Å². The molecule has 0 unspecified atom stereocenters. The monoisotopic (exact) mass is 416 g/mol. The molecule has 0 atom stereocenters. The van der Waals surface area contributed by atoms with Gasteiger partial charge >= 0.3 is 5.63 Å². The standard InChI is InChI=1S/C27H28O4/c1-7-13-26(2,3)20-14-18-21(30-25(20)28)15-22-23(24(18)29-6)19(16-27(4,5)31-22)17-11-9-8-10-12-17/h7-16H,1-6H3/b13-7+. The number of benzene rings is 2. The molecule has 2 heterocycles. The molecule has 4 heteroatoms. The van der Waals surface area contributed by atoms with Crippen LogP contribution in [0.5, 0.6) is 11.5 Å². The second kappa shape index (κ2) is 7.45. The minimum atomic E-state index is -0.523. The Kier molecular flexibility index (Phi) is 5.04. The smallest absolute Gasteiger partial charge is 0.340 e. The van der Waals surface area contributed by atoms with Gasteiger partial charge in [0, 0.05) is 17.0 Å². The molecule has 0 saturated heterocycles. The third-order valence-electron chi connectivity index (χ3n) is 5.66. The van der Waals surface area contributed by atoms with Crippen LogP contribution in [0.1, 0.15) is 51.3 Å². The van der Waals surface area contributed by atoms with Gasteiger partial charge in [0.2, 0.25) is 0 Å². The molecule has 0 aliphatic carbocycles. The largest absolute Gasteiger partial charge is 0.495 e. The maximum absolute atomic E-state index is 12.8. The number of hydrogen-bond acceptors (Lipinski definition) is 4.